The van der Waals surface area contributed by atoms with Crippen molar-refractivity contribution >= 4 is 35.5 Å². The highest BCUT2D eigenvalue weighted by molar-refractivity contribution is 6.48. The molecule has 260 valence electrons. The average molecular weight is 667 g/mol. The van der Waals surface area contributed by atoms with E-state index in [-0.39, 0.29) is 47.8 Å². The Labute approximate surface area is 290 Å². The Morgan fingerprint density at radius 1 is 1.04 bits per heavy atom. The molecular formula is C39H51BN4O5. The number of nitrogens with one attached hydrogen (secondary N) is 2. The molecule has 9 nitrogen and oxygen atoms in total. The Morgan fingerprint density at radius 2 is 1.82 bits per heavy atom. The van der Waals surface area contributed by atoms with E-state index in [2.05, 4.69) is 68.8 Å². The van der Waals surface area contributed by atoms with E-state index in [9.17, 15) is 9.59 Å². The van der Waals surface area contributed by atoms with Crippen LogP contribution in [0.1, 0.15) is 96.1 Å². The normalized spacial score (nSPS) is 29.0. The third kappa shape index (κ3) is 6.09. The summed E-state index contributed by atoms with van der Waals surface area (Å²) in [6.45, 7) is 15.7. The molecule has 10 heteroatoms. The van der Waals surface area contributed by atoms with Crippen molar-refractivity contribution in [2.45, 2.75) is 110 Å². The Balaban J connectivity index is 1.06. The van der Waals surface area contributed by atoms with E-state index in [1.54, 1.807) is 0 Å². The fourth-order valence-electron chi connectivity index (χ4n) is 9.02. The second-order valence-electron chi connectivity index (χ2n) is 16.4. The van der Waals surface area contributed by atoms with E-state index in [0.717, 1.165) is 22.9 Å². The van der Waals surface area contributed by atoms with Crippen molar-refractivity contribution < 1.29 is 23.7 Å². The number of aromatic nitrogens is 1. The zero-order valence-corrected chi connectivity index (χ0v) is 30.0. The minimum atomic E-state index is -1.27. The second-order valence-corrected chi connectivity index (χ2v) is 16.4. The Hall–Kier alpha value is -3.63. The van der Waals surface area contributed by atoms with Crippen molar-refractivity contribution in [2.24, 2.45) is 28.3 Å². The van der Waals surface area contributed by atoms with E-state index in [1.165, 1.54) is 6.42 Å². The van der Waals surface area contributed by atoms with Gasteiger partial charge in [0, 0.05) is 41.5 Å². The maximum atomic E-state index is 14.5. The lowest BCUT2D eigenvalue weighted by molar-refractivity contribution is -0.199. The third-order valence-electron chi connectivity index (χ3n) is 11.9. The first-order valence-corrected chi connectivity index (χ1v) is 18.1. The fraction of sp³-hybridized carbons (Fsp3) is 0.564. The summed E-state index contributed by atoms with van der Waals surface area (Å²) in [4.78, 5) is 33.8. The zero-order chi connectivity index (χ0) is 34.7. The van der Waals surface area contributed by atoms with Crippen LogP contribution in [0.4, 0.5) is 0 Å². The standard InChI is InChI=1S/C39H51BN4O5/c1-24(2)17-34(40-47-33-20-29-19-32(37(29,5)6)38(33,7)48-40)42-36(46)39(21-26-11-9-8-10-12-26)22-30(43-49-39)23-41-35(45)28-13-14-31-27(18-28)15-16-44(31)25(3)4/h8-16,18,24-25,29,32-34H,17,19-23H2,1-7H3,(H,41,45)(H,42,46)/t29-,32-,33+,34-,38-,39?/m0/s1. The molecule has 4 fully saturated rings. The van der Waals surface area contributed by atoms with E-state index >= 15 is 0 Å². The van der Waals surface area contributed by atoms with Gasteiger partial charge in [0.1, 0.15) is 0 Å². The molecule has 2 N–H and O–H groups in total. The summed E-state index contributed by atoms with van der Waals surface area (Å²) in [5.41, 5.74) is 1.84. The van der Waals surface area contributed by atoms with Crippen LogP contribution in [0.5, 0.6) is 0 Å². The zero-order valence-electron chi connectivity index (χ0n) is 30.0. The summed E-state index contributed by atoms with van der Waals surface area (Å²) < 4.78 is 15.7. The van der Waals surface area contributed by atoms with Crippen molar-refractivity contribution in [3.8, 4) is 0 Å². The van der Waals surface area contributed by atoms with Gasteiger partial charge in [-0.2, -0.15) is 0 Å². The second kappa shape index (κ2) is 12.6. The molecule has 0 radical (unpaired) electrons. The smallest absolute Gasteiger partial charge is 0.404 e. The van der Waals surface area contributed by atoms with Gasteiger partial charge >= 0.3 is 7.12 Å². The van der Waals surface area contributed by atoms with Gasteiger partial charge in [0.15, 0.2) is 0 Å². The average Bonchev–Trinajstić information content (AvgIpc) is 3.78. The van der Waals surface area contributed by atoms with E-state index < -0.39 is 12.7 Å². The molecule has 3 heterocycles. The molecule has 8 rings (SSSR count). The number of fused-ring (bicyclic) bond motifs is 1. The van der Waals surface area contributed by atoms with Gasteiger partial charge in [-0.25, -0.2) is 0 Å². The molecule has 0 spiro atoms. The summed E-state index contributed by atoms with van der Waals surface area (Å²) in [7, 11) is -0.541. The van der Waals surface area contributed by atoms with Gasteiger partial charge in [0.2, 0.25) is 5.60 Å². The molecule has 1 unspecified atom stereocenters. The molecule has 1 aromatic heterocycles. The van der Waals surface area contributed by atoms with Crippen LogP contribution in [0.25, 0.3) is 10.9 Å². The number of hydrogen-bond donors (Lipinski definition) is 2. The van der Waals surface area contributed by atoms with Gasteiger partial charge < -0.3 is 29.3 Å². The monoisotopic (exact) mass is 666 g/mol. The molecule has 2 amide bonds. The van der Waals surface area contributed by atoms with Crippen LogP contribution in [0.2, 0.25) is 0 Å². The Bertz CT molecular complexity index is 1750. The first kappa shape index (κ1) is 33.9. The van der Waals surface area contributed by atoms with E-state index in [4.69, 9.17) is 14.1 Å². The number of hydrogen-bond acceptors (Lipinski definition) is 6. The predicted molar refractivity (Wildman–Crippen MR) is 192 cm³/mol. The highest BCUT2D eigenvalue weighted by atomic mass is 16.7. The van der Waals surface area contributed by atoms with Crippen molar-refractivity contribution in [3.63, 3.8) is 0 Å². The van der Waals surface area contributed by atoms with E-state index in [0.29, 0.717) is 47.9 Å². The minimum absolute atomic E-state index is 0.0243. The van der Waals surface area contributed by atoms with Crippen molar-refractivity contribution in [3.05, 3.63) is 71.9 Å². The Morgan fingerprint density at radius 3 is 2.53 bits per heavy atom. The molecule has 6 atom stereocenters. The van der Waals surface area contributed by atoms with Crippen LogP contribution < -0.4 is 10.6 Å². The maximum Gasteiger partial charge on any atom is 0.481 e. The maximum absolute atomic E-state index is 14.5. The third-order valence-corrected chi connectivity index (χ3v) is 11.9. The molecule has 2 bridgehead atoms. The van der Waals surface area contributed by atoms with Crippen LogP contribution in [-0.4, -0.2) is 59.0 Å². The number of carbonyl (C=O) groups excluding carboxylic acids is 2. The van der Waals surface area contributed by atoms with E-state index in [1.807, 2.05) is 60.8 Å². The summed E-state index contributed by atoms with van der Waals surface area (Å²) in [5.74, 6) is 0.580. The first-order valence-electron chi connectivity index (χ1n) is 18.1. The van der Waals surface area contributed by atoms with Gasteiger partial charge in [0.25, 0.3) is 11.8 Å². The first-order chi connectivity index (χ1) is 23.3. The SMILES string of the molecule is CC(C)C[C@H](NC(=O)C1(Cc2ccccc2)CC(CNC(=O)c2ccc3c(ccn3C(C)C)c2)=NO1)B1O[C@@H]2C[C@@H]3C[C@@H](C3(C)C)[C@]2(C)O1. The number of carbonyl (C=O) groups is 2. The minimum Gasteiger partial charge on any atom is -0.404 e. The lowest BCUT2D eigenvalue weighted by Gasteiger charge is -2.64. The van der Waals surface area contributed by atoms with Crippen LogP contribution in [-0.2, 0) is 25.4 Å². The summed E-state index contributed by atoms with van der Waals surface area (Å²) in [5, 5.41) is 11.7. The number of oxime groups is 1. The topological polar surface area (TPSA) is 103 Å². The number of benzene rings is 2. The molecule has 5 aliphatic rings. The largest absolute Gasteiger partial charge is 0.481 e. The highest BCUT2D eigenvalue weighted by Crippen LogP contribution is 2.65. The lowest BCUT2D eigenvalue weighted by atomic mass is 9.43. The van der Waals surface area contributed by atoms with Gasteiger partial charge in [-0.3, -0.25) is 9.59 Å². The number of rotatable bonds is 11. The van der Waals surface area contributed by atoms with Crippen molar-refractivity contribution in [2.75, 3.05) is 6.54 Å². The van der Waals surface area contributed by atoms with Crippen LogP contribution in [0.3, 0.4) is 0 Å². The molecule has 1 saturated heterocycles. The molecule has 49 heavy (non-hydrogen) atoms. The molecule has 3 aromatic rings. The van der Waals surface area contributed by atoms with Gasteiger partial charge in [0.05, 0.1) is 29.9 Å². The number of amides is 2. The Kier molecular flexibility index (Phi) is 8.71. The molecule has 2 aliphatic heterocycles. The quantitative estimate of drug-likeness (QED) is 0.227. The van der Waals surface area contributed by atoms with Gasteiger partial charge in [-0.15, -0.1) is 0 Å². The van der Waals surface area contributed by atoms with Crippen LogP contribution in [0.15, 0.2) is 65.9 Å². The van der Waals surface area contributed by atoms with Gasteiger partial charge in [-0.05, 0) is 93.0 Å². The summed E-state index contributed by atoms with van der Waals surface area (Å²) in [6, 6.07) is 18.0. The molecule has 2 aromatic carbocycles. The molecule has 3 saturated carbocycles. The van der Waals surface area contributed by atoms with Crippen LogP contribution in [0, 0.1) is 23.2 Å². The molecule has 3 aliphatic carbocycles. The van der Waals surface area contributed by atoms with Crippen molar-refractivity contribution in [1.82, 2.24) is 15.2 Å². The van der Waals surface area contributed by atoms with Crippen molar-refractivity contribution in [1.29, 1.82) is 0 Å². The fourth-order valence-corrected chi connectivity index (χ4v) is 9.02. The number of nitrogens with zero attached hydrogens (tertiary/aromatic N) is 2. The molecular weight excluding hydrogens is 615 g/mol. The lowest BCUT2D eigenvalue weighted by Crippen LogP contribution is -2.65. The summed E-state index contributed by atoms with van der Waals surface area (Å²) in [6.07, 6.45) is 5.52. The van der Waals surface area contributed by atoms with Crippen LogP contribution >= 0.6 is 0 Å². The predicted octanol–water partition coefficient (Wildman–Crippen LogP) is 6.51. The van der Waals surface area contributed by atoms with Gasteiger partial charge in [-0.1, -0.05) is 63.2 Å². The highest BCUT2D eigenvalue weighted by Gasteiger charge is 2.68. The summed E-state index contributed by atoms with van der Waals surface area (Å²) >= 11 is 0.